The molecule has 0 saturated carbocycles. The fourth-order valence-electron chi connectivity index (χ4n) is 2.65. The number of nitrogens with one attached hydrogen (secondary N) is 1. The minimum atomic E-state index is -0.494. The van der Waals surface area contributed by atoms with Crippen LogP contribution >= 0.6 is 0 Å². The number of nitrogens with two attached hydrogens (primary N) is 1. The summed E-state index contributed by atoms with van der Waals surface area (Å²) in [4.78, 5) is 14.3. The van der Waals surface area contributed by atoms with E-state index in [1.165, 1.54) is 0 Å². The quantitative estimate of drug-likeness (QED) is 0.732. The molecule has 2 atom stereocenters. The van der Waals surface area contributed by atoms with Crippen molar-refractivity contribution < 1.29 is 4.79 Å². The summed E-state index contributed by atoms with van der Waals surface area (Å²) in [6, 6.07) is 0.628. The zero-order valence-electron chi connectivity index (χ0n) is 12.4. The second-order valence-corrected chi connectivity index (χ2v) is 5.59. The van der Waals surface area contributed by atoms with Gasteiger partial charge in [-0.05, 0) is 32.6 Å². The van der Waals surface area contributed by atoms with Gasteiger partial charge >= 0.3 is 0 Å². The lowest BCUT2D eigenvalue weighted by Gasteiger charge is -2.36. The highest BCUT2D eigenvalue weighted by Gasteiger charge is 2.29. The molecule has 4 heteroatoms. The molecule has 108 valence electrons. The maximum atomic E-state index is 12.2. The van der Waals surface area contributed by atoms with Crippen molar-refractivity contribution in [3.05, 3.63) is 0 Å². The van der Waals surface area contributed by atoms with Crippen LogP contribution in [0.2, 0.25) is 0 Å². The van der Waals surface area contributed by atoms with E-state index in [9.17, 15) is 4.79 Å². The van der Waals surface area contributed by atoms with Crippen molar-refractivity contribution >= 4 is 5.91 Å². The number of rotatable bonds is 5. The maximum absolute atomic E-state index is 12.2. The van der Waals surface area contributed by atoms with E-state index in [1.54, 1.807) is 0 Å². The minimum Gasteiger partial charge on any atom is -0.339 e. The first-order valence-electron chi connectivity index (χ1n) is 7.24. The van der Waals surface area contributed by atoms with Crippen LogP contribution in [0.25, 0.3) is 0 Å². The fourth-order valence-corrected chi connectivity index (χ4v) is 2.65. The summed E-state index contributed by atoms with van der Waals surface area (Å²) in [5, 5.41) is 3.01. The third-order valence-electron chi connectivity index (χ3n) is 4.26. The average Bonchev–Trinajstić information content (AvgIpc) is 2.39. The van der Waals surface area contributed by atoms with Gasteiger partial charge in [0.25, 0.3) is 0 Å². The fraction of sp³-hybridized carbons (Fsp3) is 0.800. The topological polar surface area (TPSA) is 58.4 Å². The Balaban J connectivity index is 2.54. The van der Waals surface area contributed by atoms with Crippen LogP contribution in [0.5, 0.6) is 0 Å². The molecule has 1 heterocycles. The van der Waals surface area contributed by atoms with Crippen LogP contribution in [0.4, 0.5) is 0 Å². The first-order chi connectivity index (χ1) is 8.96. The van der Waals surface area contributed by atoms with E-state index in [2.05, 4.69) is 23.1 Å². The van der Waals surface area contributed by atoms with Gasteiger partial charge < -0.3 is 11.1 Å². The summed E-state index contributed by atoms with van der Waals surface area (Å²) in [7, 11) is 0. The molecule has 0 aliphatic carbocycles. The van der Waals surface area contributed by atoms with Crippen molar-refractivity contribution in [3.8, 4) is 12.3 Å². The molecule has 0 aromatic heterocycles. The number of terminal acetylenes is 1. The first-order valence-corrected chi connectivity index (χ1v) is 7.24. The van der Waals surface area contributed by atoms with Gasteiger partial charge in [0, 0.05) is 18.6 Å². The lowest BCUT2D eigenvalue weighted by atomic mass is 9.93. The van der Waals surface area contributed by atoms with E-state index in [4.69, 9.17) is 12.2 Å². The van der Waals surface area contributed by atoms with Gasteiger partial charge in [0.05, 0.1) is 6.54 Å². The molecule has 1 fully saturated rings. The second kappa shape index (κ2) is 6.93. The Morgan fingerprint density at radius 1 is 1.53 bits per heavy atom. The first kappa shape index (κ1) is 16.0. The third-order valence-corrected chi connectivity index (χ3v) is 4.26. The number of piperidine rings is 1. The van der Waals surface area contributed by atoms with Gasteiger partial charge in [0.1, 0.15) is 5.54 Å². The largest absolute Gasteiger partial charge is 0.339 e. The second-order valence-electron chi connectivity index (χ2n) is 5.59. The molecule has 1 aliphatic heterocycles. The normalized spacial score (nSPS) is 24.8. The van der Waals surface area contributed by atoms with E-state index in [0.717, 1.165) is 32.2 Å². The van der Waals surface area contributed by atoms with E-state index < -0.39 is 5.54 Å². The highest BCUT2D eigenvalue weighted by Crippen LogP contribution is 2.17. The summed E-state index contributed by atoms with van der Waals surface area (Å²) >= 11 is 0. The summed E-state index contributed by atoms with van der Waals surface area (Å²) < 4.78 is 0. The molecular formula is C15H27N3O. The molecule has 4 nitrogen and oxygen atoms in total. The average molecular weight is 265 g/mol. The van der Waals surface area contributed by atoms with Crippen LogP contribution in [0.1, 0.15) is 46.5 Å². The zero-order valence-corrected chi connectivity index (χ0v) is 12.4. The third kappa shape index (κ3) is 4.22. The van der Waals surface area contributed by atoms with E-state index in [1.807, 2.05) is 13.8 Å². The maximum Gasteiger partial charge on any atom is 0.235 e. The molecular weight excluding hydrogens is 238 g/mol. The Labute approximate surface area is 117 Å². The van der Waals surface area contributed by atoms with Gasteiger partial charge in [-0.25, -0.2) is 0 Å². The lowest BCUT2D eigenvalue weighted by molar-refractivity contribution is -0.124. The Morgan fingerprint density at radius 2 is 2.16 bits per heavy atom. The molecule has 1 rings (SSSR count). The predicted molar refractivity (Wildman–Crippen MR) is 78.5 cm³/mol. The molecule has 3 N–H and O–H groups in total. The van der Waals surface area contributed by atoms with E-state index in [-0.39, 0.29) is 11.9 Å². The summed E-state index contributed by atoms with van der Waals surface area (Å²) in [5.41, 5.74) is 5.44. The number of hydrogen-bond donors (Lipinski definition) is 2. The molecule has 0 bridgehead atoms. The van der Waals surface area contributed by atoms with Gasteiger partial charge in [0.2, 0.25) is 5.91 Å². The Hall–Kier alpha value is -1.05. The van der Waals surface area contributed by atoms with Crippen LogP contribution in [0.15, 0.2) is 0 Å². The number of likely N-dealkylation sites (tertiary alicyclic amines) is 1. The molecule has 0 spiro atoms. The highest BCUT2D eigenvalue weighted by molar-refractivity contribution is 5.79. The summed E-state index contributed by atoms with van der Waals surface area (Å²) in [5.74, 6) is 2.75. The Bertz CT molecular complexity index is 344. The molecule has 1 amide bonds. The summed E-state index contributed by atoms with van der Waals surface area (Å²) in [6.45, 7) is 7.44. The smallest absolute Gasteiger partial charge is 0.235 e. The lowest BCUT2D eigenvalue weighted by Crippen LogP contribution is -2.53. The molecule has 1 aliphatic rings. The molecule has 2 unspecified atom stereocenters. The molecule has 19 heavy (non-hydrogen) atoms. The Morgan fingerprint density at radius 3 is 2.63 bits per heavy atom. The van der Waals surface area contributed by atoms with Crippen molar-refractivity contribution in [2.24, 2.45) is 5.73 Å². The van der Waals surface area contributed by atoms with Crippen LogP contribution in [-0.2, 0) is 4.79 Å². The van der Waals surface area contributed by atoms with Crippen molar-refractivity contribution in [2.75, 3.05) is 13.1 Å². The number of hydrogen-bond acceptors (Lipinski definition) is 3. The minimum absolute atomic E-state index is 0.0176. The van der Waals surface area contributed by atoms with E-state index in [0.29, 0.717) is 12.6 Å². The standard InChI is InChI=1S/C15H27N3O/c1-5-15(6-2,7-3)17-14(19)11-18-9-8-13(16)10-12(18)4/h1,12-13H,6-11,16H2,2-4H3,(H,17,19). The SMILES string of the molecule is C#CC(CC)(CC)NC(=O)CN1CCC(N)CC1C. The number of carbonyl (C=O) groups excluding carboxylic acids is 1. The van der Waals surface area contributed by atoms with Crippen molar-refractivity contribution in [2.45, 2.75) is 64.1 Å². The number of amides is 1. The zero-order chi connectivity index (χ0) is 14.5. The van der Waals surface area contributed by atoms with Crippen LogP contribution in [0.3, 0.4) is 0 Å². The molecule has 0 aromatic rings. The predicted octanol–water partition coefficient (Wildman–Crippen LogP) is 1.11. The highest BCUT2D eigenvalue weighted by atomic mass is 16.2. The van der Waals surface area contributed by atoms with Crippen LogP contribution in [-0.4, -0.2) is 41.5 Å². The van der Waals surface area contributed by atoms with Gasteiger partial charge in [-0.3, -0.25) is 9.69 Å². The van der Waals surface area contributed by atoms with Crippen LogP contribution < -0.4 is 11.1 Å². The summed E-state index contributed by atoms with van der Waals surface area (Å²) in [6.07, 6.45) is 8.98. The van der Waals surface area contributed by atoms with Crippen molar-refractivity contribution in [1.29, 1.82) is 0 Å². The van der Waals surface area contributed by atoms with Gasteiger partial charge in [-0.1, -0.05) is 19.8 Å². The van der Waals surface area contributed by atoms with Gasteiger partial charge in [-0.15, -0.1) is 6.42 Å². The number of carbonyl (C=O) groups is 1. The Kier molecular flexibility index (Phi) is 5.84. The van der Waals surface area contributed by atoms with Crippen LogP contribution in [0, 0.1) is 12.3 Å². The van der Waals surface area contributed by atoms with Crippen molar-refractivity contribution in [1.82, 2.24) is 10.2 Å². The van der Waals surface area contributed by atoms with Gasteiger partial charge in [0.15, 0.2) is 0 Å². The van der Waals surface area contributed by atoms with E-state index >= 15 is 0 Å². The molecule has 0 aromatic carbocycles. The number of nitrogens with zero attached hydrogens (tertiary/aromatic N) is 1. The monoisotopic (exact) mass is 265 g/mol. The molecule has 1 saturated heterocycles. The van der Waals surface area contributed by atoms with Gasteiger partial charge in [-0.2, -0.15) is 0 Å². The van der Waals surface area contributed by atoms with Crippen molar-refractivity contribution in [3.63, 3.8) is 0 Å². The molecule has 0 radical (unpaired) electrons.